The number of aliphatic hydroxyl groups is 1. The minimum atomic E-state index is -0.436. The van der Waals surface area contributed by atoms with Gasteiger partial charge in [0.1, 0.15) is 0 Å². The molecule has 1 aliphatic heterocycles. The van der Waals surface area contributed by atoms with Crippen LogP contribution in [0.5, 0.6) is 0 Å². The van der Waals surface area contributed by atoms with Gasteiger partial charge in [-0.2, -0.15) is 0 Å². The first-order valence-corrected chi connectivity index (χ1v) is 10.8. The van der Waals surface area contributed by atoms with E-state index in [1.54, 1.807) is 0 Å². The molecule has 0 amide bonds. The molecule has 3 nitrogen and oxygen atoms in total. The van der Waals surface area contributed by atoms with Crippen molar-refractivity contribution in [3.05, 3.63) is 36.0 Å². The summed E-state index contributed by atoms with van der Waals surface area (Å²) in [5, 5.41) is 10.2. The van der Waals surface area contributed by atoms with E-state index in [1.165, 1.54) is 24.8 Å². The largest absolute Gasteiger partial charge is 0.389 e. The molecule has 0 aromatic rings. The normalized spacial score (nSPS) is 26.5. The van der Waals surface area contributed by atoms with Gasteiger partial charge in [0.05, 0.1) is 19.3 Å². The molecule has 1 N–H and O–H groups in total. The van der Waals surface area contributed by atoms with Crippen LogP contribution in [0.15, 0.2) is 36.0 Å². The molecule has 157 valence electrons. The molecule has 1 saturated heterocycles. The smallest absolute Gasteiger partial charge is 0.177 e. The van der Waals surface area contributed by atoms with Crippen LogP contribution >= 0.6 is 0 Å². The molecule has 1 radical (unpaired) electrons. The van der Waals surface area contributed by atoms with Gasteiger partial charge in [-0.25, -0.2) is 0 Å². The van der Waals surface area contributed by atoms with Gasteiger partial charge in [-0.1, -0.05) is 56.2 Å². The standard InChI is InChI=1S/C24H40O3.Ac/c1-20(2)10-9-11-21(3)13-14-22(25)12-5-6-15-23(4)16-7-8-17-24(23)26-18-19-27-24;/h5-6,10,12,15,21-22,25H,7-9,11,13-14,16-19H2,1-4H3;/b12-5+,15-6+;. The number of rotatable bonds is 9. The Hall–Kier alpha value is 0.542. The molecular formula is C24H40AcO3. The first-order chi connectivity index (χ1) is 12.9. The quantitative estimate of drug-likeness (QED) is 0.262. The van der Waals surface area contributed by atoms with Crippen LogP contribution in [0, 0.1) is 55.4 Å². The van der Waals surface area contributed by atoms with E-state index >= 15 is 0 Å². The van der Waals surface area contributed by atoms with Gasteiger partial charge in [-0.3, -0.25) is 0 Å². The summed E-state index contributed by atoms with van der Waals surface area (Å²) >= 11 is 0. The molecule has 1 spiro atoms. The maximum absolute atomic E-state index is 10.2. The van der Waals surface area contributed by atoms with Gasteiger partial charge in [0.25, 0.3) is 0 Å². The van der Waals surface area contributed by atoms with E-state index < -0.39 is 5.79 Å². The van der Waals surface area contributed by atoms with Gasteiger partial charge < -0.3 is 14.6 Å². The Morgan fingerprint density at radius 3 is 2.39 bits per heavy atom. The van der Waals surface area contributed by atoms with E-state index in [1.807, 2.05) is 12.2 Å². The zero-order chi connectivity index (χ0) is 19.8. The molecule has 0 aromatic heterocycles. The van der Waals surface area contributed by atoms with Gasteiger partial charge in [0.15, 0.2) is 5.79 Å². The summed E-state index contributed by atoms with van der Waals surface area (Å²) in [6.45, 7) is 10.2. The van der Waals surface area contributed by atoms with E-state index in [0.717, 1.165) is 32.1 Å². The number of hydrogen-bond acceptors (Lipinski definition) is 3. The first kappa shape index (κ1) is 26.6. The van der Waals surface area contributed by atoms with Crippen LogP contribution in [0.25, 0.3) is 0 Å². The summed E-state index contributed by atoms with van der Waals surface area (Å²) in [6, 6.07) is 0. The van der Waals surface area contributed by atoms with Crippen molar-refractivity contribution in [1.82, 2.24) is 0 Å². The van der Waals surface area contributed by atoms with Crippen LogP contribution in [-0.2, 0) is 9.47 Å². The van der Waals surface area contributed by atoms with E-state index in [-0.39, 0.29) is 55.6 Å². The molecule has 2 aliphatic rings. The molecular weight excluding hydrogens is 563 g/mol. The fraction of sp³-hybridized carbons (Fsp3) is 0.750. The Labute approximate surface area is 208 Å². The zero-order valence-electron chi connectivity index (χ0n) is 18.5. The van der Waals surface area contributed by atoms with Crippen molar-refractivity contribution in [3.63, 3.8) is 0 Å². The Kier molecular flexibility index (Phi) is 12.4. The van der Waals surface area contributed by atoms with Crippen molar-refractivity contribution >= 4 is 0 Å². The van der Waals surface area contributed by atoms with Crippen molar-refractivity contribution < 1.29 is 58.6 Å². The first-order valence-electron chi connectivity index (χ1n) is 10.8. The SMILES string of the molecule is CC(C)=CCCC(C)CCC(O)/C=C/C=C/C1(C)CCCCC12OCCO2.[Ac]. The predicted octanol–water partition coefficient (Wildman–Crippen LogP) is 5.95. The van der Waals surface area contributed by atoms with E-state index in [4.69, 9.17) is 9.47 Å². The van der Waals surface area contributed by atoms with Crippen LogP contribution in [0.3, 0.4) is 0 Å². The van der Waals surface area contributed by atoms with Crippen LogP contribution in [0.1, 0.15) is 79.1 Å². The van der Waals surface area contributed by atoms with Crippen LogP contribution in [0.2, 0.25) is 0 Å². The molecule has 0 bridgehead atoms. The Bertz CT molecular complexity index is 530. The monoisotopic (exact) mass is 603 g/mol. The van der Waals surface area contributed by atoms with E-state index in [2.05, 4.69) is 45.9 Å². The second-order valence-electron chi connectivity index (χ2n) is 8.93. The van der Waals surface area contributed by atoms with Crippen LogP contribution in [-0.4, -0.2) is 30.2 Å². The van der Waals surface area contributed by atoms with Crippen molar-refractivity contribution in [2.24, 2.45) is 11.3 Å². The van der Waals surface area contributed by atoms with E-state index in [0.29, 0.717) is 19.1 Å². The van der Waals surface area contributed by atoms with E-state index in [9.17, 15) is 5.11 Å². The van der Waals surface area contributed by atoms with Gasteiger partial charge in [-0.15, -0.1) is 0 Å². The summed E-state index contributed by atoms with van der Waals surface area (Å²) in [5.74, 6) is 0.214. The molecule has 1 aliphatic carbocycles. The fourth-order valence-corrected chi connectivity index (χ4v) is 4.28. The molecule has 4 heteroatoms. The summed E-state index contributed by atoms with van der Waals surface area (Å²) in [4.78, 5) is 0. The van der Waals surface area contributed by atoms with Gasteiger partial charge in [0, 0.05) is 55.9 Å². The summed E-state index contributed by atoms with van der Waals surface area (Å²) in [5.41, 5.74) is 1.30. The van der Waals surface area contributed by atoms with Crippen molar-refractivity contribution in [1.29, 1.82) is 0 Å². The van der Waals surface area contributed by atoms with Gasteiger partial charge in [0.2, 0.25) is 0 Å². The minimum Gasteiger partial charge on any atom is -0.389 e. The third-order valence-electron chi connectivity index (χ3n) is 6.15. The third kappa shape index (κ3) is 7.99. The molecule has 1 saturated carbocycles. The average molecular weight is 604 g/mol. The number of ether oxygens (including phenoxy) is 2. The molecule has 2 rings (SSSR count). The second kappa shape index (κ2) is 13.1. The number of aliphatic hydroxyl groups excluding tert-OH is 1. The van der Waals surface area contributed by atoms with Crippen molar-refractivity contribution in [2.75, 3.05) is 13.2 Å². The molecule has 0 aromatic carbocycles. The second-order valence-corrected chi connectivity index (χ2v) is 8.93. The van der Waals surface area contributed by atoms with Crippen LogP contribution < -0.4 is 0 Å². The third-order valence-corrected chi connectivity index (χ3v) is 6.15. The average Bonchev–Trinajstić information content (AvgIpc) is 3.10. The number of hydrogen-bond donors (Lipinski definition) is 1. The minimum absolute atomic E-state index is 0. The number of allylic oxidation sites excluding steroid dienone is 4. The Balaban J connectivity index is 0.00000392. The maximum atomic E-state index is 10.2. The van der Waals surface area contributed by atoms with Crippen molar-refractivity contribution in [2.45, 2.75) is 91.0 Å². The molecule has 3 atom stereocenters. The Morgan fingerprint density at radius 1 is 1.04 bits per heavy atom. The van der Waals surface area contributed by atoms with Gasteiger partial charge in [-0.05, 0) is 58.3 Å². The molecule has 1 heterocycles. The maximum Gasteiger partial charge on any atom is 0.177 e. The fourth-order valence-electron chi connectivity index (χ4n) is 4.28. The molecule has 3 unspecified atom stereocenters. The summed E-state index contributed by atoms with van der Waals surface area (Å²) < 4.78 is 12.1. The molecule has 28 heavy (non-hydrogen) atoms. The van der Waals surface area contributed by atoms with Gasteiger partial charge >= 0.3 is 0 Å². The Morgan fingerprint density at radius 2 is 1.71 bits per heavy atom. The topological polar surface area (TPSA) is 38.7 Å². The predicted molar refractivity (Wildman–Crippen MR) is 113 cm³/mol. The summed E-state index contributed by atoms with van der Waals surface area (Å²) in [7, 11) is 0. The summed E-state index contributed by atoms with van der Waals surface area (Å²) in [6.07, 6.45) is 18.8. The van der Waals surface area contributed by atoms with Crippen LogP contribution in [0.4, 0.5) is 0 Å². The molecule has 2 fully saturated rings. The van der Waals surface area contributed by atoms with Crippen molar-refractivity contribution in [3.8, 4) is 0 Å². The zero-order valence-corrected chi connectivity index (χ0v) is 23.2.